The molecule has 160 valence electrons. The summed E-state index contributed by atoms with van der Waals surface area (Å²) in [6, 6.07) is 4.86. The Balaban J connectivity index is 1.62. The Kier molecular flexibility index (Phi) is 4.31. The number of pyridine rings is 1. The second kappa shape index (κ2) is 6.72. The first-order valence-corrected chi connectivity index (χ1v) is 11.4. The number of sulfone groups is 1. The van der Waals surface area contributed by atoms with Crippen molar-refractivity contribution in [2.24, 2.45) is 5.92 Å². The van der Waals surface area contributed by atoms with Crippen LogP contribution in [0, 0.1) is 11.7 Å². The maximum absolute atomic E-state index is 15.0. The molecule has 0 saturated heterocycles. The lowest BCUT2D eigenvalue weighted by atomic mass is 10.0. The molecule has 2 atom stereocenters. The van der Waals surface area contributed by atoms with Crippen molar-refractivity contribution < 1.29 is 22.0 Å². The third-order valence-electron chi connectivity index (χ3n) is 5.17. The van der Waals surface area contributed by atoms with Gasteiger partial charge in [0.15, 0.2) is 21.5 Å². The Hall–Kier alpha value is -3.05. The monoisotopic (exact) mass is 465 g/mol. The van der Waals surface area contributed by atoms with Gasteiger partial charge in [-0.2, -0.15) is 10.2 Å². The Morgan fingerprint density at radius 2 is 2.13 bits per heavy atom. The summed E-state index contributed by atoms with van der Waals surface area (Å²) in [7, 11) is -3.91. The zero-order valence-electron chi connectivity index (χ0n) is 15.9. The number of H-pyrrole nitrogens is 1. The molecule has 1 saturated carbocycles. The summed E-state index contributed by atoms with van der Waals surface area (Å²) in [5.41, 5.74) is 1.33. The number of nitrogens with zero attached hydrogens (tertiary/aromatic N) is 3. The molecule has 3 aromatic heterocycles. The van der Waals surface area contributed by atoms with E-state index >= 15 is 0 Å². The number of aromatic nitrogens is 4. The van der Waals surface area contributed by atoms with E-state index in [1.54, 1.807) is 24.4 Å². The number of carbonyl (C=O) groups is 1. The third kappa shape index (κ3) is 3.24. The molecule has 1 aliphatic carbocycles. The van der Waals surface area contributed by atoms with Gasteiger partial charge in [0.05, 0.1) is 28.2 Å². The highest BCUT2D eigenvalue weighted by Crippen LogP contribution is 2.41. The van der Waals surface area contributed by atoms with E-state index in [1.165, 1.54) is 10.7 Å². The molecule has 2 N–H and O–H groups in total. The Bertz CT molecular complexity index is 1500. The Morgan fingerprint density at radius 1 is 1.39 bits per heavy atom. The fraction of sp³-hybridized carbons (Fsp3) is 0.211. The van der Waals surface area contributed by atoms with Crippen molar-refractivity contribution in [1.29, 1.82) is 0 Å². The molecule has 4 aromatic rings. The van der Waals surface area contributed by atoms with Gasteiger partial charge in [-0.1, -0.05) is 11.6 Å². The normalized spacial score (nSPS) is 18.6. The SMILES string of the molecule is CS(=O)(=O)c1c(F)c(Cl)c(-c2ccn3nc(NC(=O)[C@@H]4C[C@@H]4F)cc3c2)c2cn[nH]c12. The lowest BCUT2D eigenvalue weighted by molar-refractivity contribution is -0.117. The molecule has 0 spiro atoms. The van der Waals surface area contributed by atoms with Crippen molar-refractivity contribution in [3.8, 4) is 11.1 Å². The van der Waals surface area contributed by atoms with E-state index < -0.39 is 38.5 Å². The number of rotatable bonds is 4. The van der Waals surface area contributed by atoms with Crippen molar-refractivity contribution in [2.45, 2.75) is 17.5 Å². The van der Waals surface area contributed by atoms with Crippen LogP contribution in [0.2, 0.25) is 5.02 Å². The summed E-state index contributed by atoms with van der Waals surface area (Å²) in [4.78, 5) is 11.4. The minimum absolute atomic E-state index is 0.0194. The molecule has 5 rings (SSSR count). The molecular formula is C19H14ClF2N5O3S. The highest BCUT2D eigenvalue weighted by atomic mass is 35.5. The van der Waals surface area contributed by atoms with Gasteiger partial charge in [-0.05, 0) is 24.1 Å². The van der Waals surface area contributed by atoms with Crippen molar-refractivity contribution in [1.82, 2.24) is 19.8 Å². The fourth-order valence-corrected chi connectivity index (χ4v) is 4.90. The first-order valence-electron chi connectivity index (χ1n) is 9.14. The van der Waals surface area contributed by atoms with Crippen LogP contribution in [0.15, 0.2) is 35.5 Å². The zero-order chi connectivity index (χ0) is 22.1. The molecular weight excluding hydrogens is 452 g/mol. The maximum Gasteiger partial charge on any atom is 0.231 e. The molecule has 1 aromatic carbocycles. The molecule has 3 heterocycles. The molecule has 1 fully saturated rings. The van der Waals surface area contributed by atoms with Gasteiger partial charge in [-0.3, -0.25) is 9.89 Å². The van der Waals surface area contributed by atoms with Gasteiger partial charge in [0.1, 0.15) is 11.1 Å². The van der Waals surface area contributed by atoms with Gasteiger partial charge in [0, 0.05) is 29.5 Å². The number of benzene rings is 1. The van der Waals surface area contributed by atoms with Crippen LogP contribution in [-0.2, 0) is 14.6 Å². The number of aromatic amines is 1. The van der Waals surface area contributed by atoms with Gasteiger partial charge in [-0.25, -0.2) is 21.7 Å². The molecule has 8 nitrogen and oxygen atoms in total. The molecule has 31 heavy (non-hydrogen) atoms. The van der Waals surface area contributed by atoms with Crippen LogP contribution in [-0.4, -0.2) is 46.6 Å². The van der Waals surface area contributed by atoms with Gasteiger partial charge in [-0.15, -0.1) is 0 Å². The van der Waals surface area contributed by atoms with E-state index in [4.69, 9.17) is 11.6 Å². The average Bonchev–Trinajstić information content (AvgIpc) is 3.07. The second-order valence-corrected chi connectivity index (χ2v) is 9.76. The van der Waals surface area contributed by atoms with Crippen LogP contribution >= 0.6 is 11.6 Å². The summed E-state index contributed by atoms with van der Waals surface area (Å²) in [6.07, 6.45) is 2.94. The number of hydrogen-bond acceptors (Lipinski definition) is 5. The summed E-state index contributed by atoms with van der Waals surface area (Å²) >= 11 is 6.26. The van der Waals surface area contributed by atoms with Crippen molar-refractivity contribution in [3.05, 3.63) is 41.4 Å². The molecule has 0 radical (unpaired) electrons. The molecule has 1 aliphatic rings. The maximum atomic E-state index is 15.0. The summed E-state index contributed by atoms with van der Waals surface area (Å²) < 4.78 is 53.7. The summed E-state index contributed by atoms with van der Waals surface area (Å²) in [6.45, 7) is 0. The highest BCUT2D eigenvalue weighted by Gasteiger charge is 2.43. The van der Waals surface area contributed by atoms with Crippen molar-refractivity contribution in [2.75, 3.05) is 11.6 Å². The van der Waals surface area contributed by atoms with Crippen LogP contribution in [0.5, 0.6) is 0 Å². The largest absolute Gasteiger partial charge is 0.309 e. The Labute approximate surface area is 179 Å². The quantitative estimate of drug-likeness (QED) is 0.480. The first kappa shape index (κ1) is 19.9. The number of nitrogens with one attached hydrogen (secondary N) is 2. The lowest BCUT2D eigenvalue weighted by Crippen LogP contribution is -2.15. The topological polar surface area (TPSA) is 109 Å². The zero-order valence-corrected chi connectivity index (χ0v) is 17.4. The fourth-order valence-electron chi connectivity index (χ4n) is 3.58. The molecule has 0 bridgehead atoms. The lowest BCUT2D eigenvalue weighted by Gasteiger charge is -2.11. The predicted octanol–water partition coefficient (Wildman–Crippen LogP) is 3.37. The number of amides is 1. The van der Waals surface area contributed by atoms with E-state index in [-0.39, 0.29) is 28.3 Å². The number of hydrogen-bond donors (Lipinski definition) is 2. The second-order valence-electron chi connectivity index (χ2n) is 7.42. The summed E-state index contributed by atoms with van der Waals surface area (Å²) in [5, 5.41) is 13.2. The molecule has 0 aliphatic heterocycles. The minimum atomic E-state index is -3.91. The van der Waals surface area contributed by atoms with E-state index in [9.17, 15) is 22.0 Å². The van der Waals surface area contributed by atoms with Crippen molar-refractivity contribution >= 4 is 49.6 Å². The number of carbonyl (C=O) groups excluding carboxylic acids is 1. The standard InChI is InChI=1S/C19H14ClF2N5O3S/c1-31(29,30)18-16(22)15(20)14(11-7-23-25-17(11)18)8-2-3-27-9(4-8)5-13(26-27)24-19(28)10-6-12(10)21/h2-5,7,10,12H,6H2,1H3,(H,23,25)(H,24,26,28)/t10-,12+/m1/s1. The van der Waals surface area contributed by atoms with Crippen LogP contribution in [0.3, 0.4) is 0 Å². The van der Waals surface area contributed by atoms with E-state index in [1.807, 2.05) is 0 Å². The number of halogens is 3. The predicted molar refractivity (Wildman–Crippen MR) is 110 cm³/mol. The van der Waals surface area contributed by atoms with E-state index in [2.05, 4.69) is 20.6 Å². The first-order chi connectivity index (χ1) is 14.6. The number of alkyl halides is 1. The number of anilines is 1. The van der Waals surface area contributed by atoms with E-state index in [0.717, 1.165) is 6.26 Å². The molecule has 1 amide bonds. The molecule has 12 heteroatoms. The van der Waals surface area contributed by atoms with Crippen LogP contribution in [0.4, 0.5) is 14.6 Å². The van der Waals surface area contributed by atoms with Crippen LogP contribution in [0.1, 0.15) is 6.42 Å². The van der Waals surface area contributed by atoms with Gasteiger partial charge < -0.3 is 5.32 Å². The highest BCUT2D eigenvalue weighted by molar-refractivity contribution is 7.91. The average molecular weight is 466 g/mol. The van der Waals surface area contributed by atoms with Crippen molar-refractivity contribution in [3.63, 3.8) is 0 Å². The third-order valence-corrected chi connectivity index (χ3v) is 6.65. The minimum Gasteiger partial charge on any atom is -0.309 e. The van der Waals surface area contributed by atoms with Gasteiger partial charge >= 0.3 is 0 Å². The van der Waals surface area contributed by atoms with E-state index in [0.29, 0.717) is 16.5 Å². The van der Waals surface area contributed by atoms with Gasteiger partial charge in [0.2, 0.25) is 5.91 Å². The van der Waals surface area contributed by atoms with Crippen LogP contribution in [0.25, 0.3) is 27.5 Å². The van der Waals surface area contributed by atoms with Crippen LogP contribution < -0.4 is 5.32 Å². The molecule has 0 unspecified atom stereocenters. The Morgan fingerprint density at radius 3 is 2.81 bits per heavy atom. The van der Waals surface area contributed by atoms with Gasteiger partial charge in [0.25, 0.3) is 0 Å². The number of fused-ring (bicyclic) bond motifs is 2. The smallest absolute Gasteiger partial charge is 0.231 e. The summed E-state index contributed by atoms with van der Waals surface area (Å²) in [5.74, 6) is -1.90.